The van der Waals surface area contributed by atoms with Crippen molar-refractivity contribution in [2.75, 3.05) is 25.0 Å². The molecule has 0 radical (unpaired) electrons. The van der Waals surface area contributed by atoms with Gasteiger partial charge in [-0.3, -0.25) is 0 Å². The molecule has 0 aromatic carbocycles. The van der Waals surface area contributed by atoms with Crippen LogP contribution in [0.4, 0.5) is 6.01 Å². The molecule has 102 valence electrons. The highest BCUT2D eigenvalue weighted by Crippen LogP contribution is 2.25. The SMILES string of the molecule is CCCNCc1nnc(NCC2(C)CCCO2)o1. The first kappa shape index (κ1) is 13.3. The van der Waals surface area contributed by atoms with Crippen LogP contribution in [0.5, 0.6) is 0 Å². The summed E-state index contributed by atoms with van der Waals surface area (Å²) in [6.07, 6.45) is 3.28. The third-order valence-electron chi connectivity index (χ3n) is 3.08. The van der Waals surface area contributed by atoms with Gasteiger partial charge in [-0.25, -0.2) is 0 Å². The molecule has 1 aliphatic rings. The van der Waals surface area contributed by atoms with E-state index in [9.17, 15) is 0 Å². The Morgan fingerprint density at radius 2 is 2.28 bits per heavy atom. The maximum atomic E-state index is 5.68. The van der Waals surface area contributed by atoms with E-state index in [4.69, 9.17) is 9.15 Å². The van der Waals surface area contributed by atoms with E-state index in [2.05, 4.69) is 34.7 Å². The van der Waals surface area contributed by atoms with Gasteiger partial charge in [0.1, 0.15) is 0 Å². The smallest absolute Gasteiger partial charge is 0.315 e. The summed E-state index contributed by atoms with van der Waals surface area (Å²) in [5, 5.41) is 14.3. The normalized spacial score (nSPS) is 23.4. The summed E-state index contributed by atoms with van der Waals surface area (Å²) in [6.45, 7) is 7.35. The van der Waals surface area contributed by atoms with Gasteiger partial charge in [-0.1, -0.05) is 12.0 Å². The zero-order valence-electron chi connectivity index (χ0n) is 11.2. The van der Waals surface area contributed by atoms with Crippen LogP contribution in [0.15, 0.2) is 4.42 Å². The summed E-state index contributed by atoms with van der Waals surface area (Å²) in [5.74, 6) is 0.614. The minimum absolute atomic E-state index is 0.102. The van der Waals surface area contributed by atoms with Gasteiger partial charge in [0.05, 0.1) is 12.1 Å². The number of nitrogens with one attached hydrogen (secondary N) is 2. The van der Waals surface area contributed by atoms with Crippen LogP contribution < -0.4 is 10.6 Å². The highest BCUT2D eigenvalue weighted by Gasteiger charge is 2.29. The van der Waals surface area contributed by atoms with E-state index < -0.39 is 0 Å². The zero-order valence-corrected chi connectivity index (χ0v) is 11.2. The van der Waals surface area contributed by atoms with Gasteiger partial charge < -0.3 is 19.8 Å². The van der Waals surface area contributed by atoms with E-state index in [0.717, 1.165) is 32.4 Å². The maximum absolute atomic E-state index is 5.68. The van der Waals surface area contributed by atoms with E-state index in [1.54, 1.807) is 0 Å². The number of rotatable bonds is 7. The molecule has 0 saturated carbocycles. The van der Waals surface area contributed by atoms with Crippen LogP contribution in [0.2, 0.25) is 0 Å². The first-order valence-corrected chi connectivity index (χ1v) is 6.63. The lowest BCUT2D eigenvalue weighted by Gasteiger charge is -2.22. The predicted octanol–water partition coefficient (Wildman–Crippen LogP) is 1.55. The van der Waals surface area contributed by atoms with Crippen LogP contribution in [0.1, 0.15) is 39.0 Å². The third kappa shape index (κ3) is 3.68. The standard InChI is InChI=1S/C12H22N4O2/c1-3-6-13-8-10-15-16-11(18-10)14-9-12(2)5-4-7-17-12/h13H,3-9H2,1-2H3,(H,14,16). The number of anilines is 1. The summed E-state index contributed by atoms with van der Waals surface area (Å²) in [5.41, 5.74) is -0.102. The molecule has 1 atom stereocenters. The molecule has 1 aromatic rings. The van der Waals surface area contributed by atoms with Gasteiger partial charge in [0.2, 0.25) is 5.89 Å². The third-order valence-corrected chi connectivity index (χ3v) is 3.08. The number of nitrogens with zero attached hydrogens (tertiary/aromatic N) is 2. The molecule has 1 unspecified atom stereocenters. The van der Waals surface area contributed by atoms with Crippen molar-refractivity contribution in [3.63, 3.8) is 0 Å². The van der Waals surface area contributed by atoms with E-state index in [1.165, 1.54) is 0 Å². The van der Waals surface area contributed by atoms with Crippen molar-refractivity contribution < 1.29 is 9.15 Å². The lowest BCUT2D eigenvalue weighted by molar-refractivity contribution is 0.0311. The van der Waals surface area contributed by atoms with Crippen molar-refractivity contribution in [1.82, 2.24) is 15.5 Å². The average Bonchev–Trinajstić information content (AvgIpc) is 2.97. The summed E-state index contributed by atoms with van der Waals surface area (Å²) in [6, 6.07) is 0.472. The fourth-order valence-electron chi connectivity index (χ4n) is 2.01. The molecule has 1 fully saturated rings. The largest absolute Gasteiger partial charge is 0.407 e. The molecular weight excluding hydrogens is 232 g/mol. The van der Waals surface area contributed by atoms with Crippen LogP contribution in [0.3, 0.4) is 0 Å². The molecule has 1 saturated heterocycles. The lowest BCUT2D eigenvalue weighted by atomic mass is 10.0. The predicted molar refractivity (Wildman–Crippen MR) is 68.4 cm³/mol. The minimum atomic E-state index is -0.102. The first-order valence-electron chi connectivity index (χ1n) is 6.63. The van der Waals surface area contributed by atoms with Crippen molar-refractivity contribution in [3.05, 3.63) is 5.89 Å². The molecule has 6 nitrogen and oxygen atoms in total. The Kier molecular flexibility index (Phi) is 4.54. The number of aromatic nitrogens is 2. The van der Waals surface area contributed by atoms with E-state index >= 15 is 0 Å². The van der Waals surface area contributed by atoms with E-state index in [-0.39, 0.29) is 5.60 Å². The van der Waals surface area contributed by atoms with Gasteiger partial charge in [0.15, 0.2) is 0 Å². The fourth-order valence-corrected chi connectivity index (χ4v) is 2.01. The van der Waals surface area contributed by atoms with Gasteiger partial charge in [0.25, 0.3) is 0 Å². The highest BCUT2D eigenvalue weighted by molar-refractivity contribution is 5.18. The van der Waals surface area contributed by atoms with Crippen molar-refractivity contribution in [2.45, 2.75) is 45.3 Å². The van der Waals surface area contributed by atoms with Crippen LogP contribution >= 0.6 is 0 Å². The fraction of sp³-hybridized carbons (Fsp3) is 0.833. The first-order chi connectivity index (χ1) is 8.72. The molecule has 0 aliphatic carbocycles. The van der Waals surface area contributed by atoms with Gasteiger partial charge in [-0.2, -0.15) is 0 Å². The van der Waals surface area contributed by atoms with Crippen LogP contribution in [-0.4, -0.2) is 35.5 Å². The Morgan fingerprint density at radius 1 is 1.39 bits per heavy atom. The van der Waals surface area contributed by atoms with Crippen molar-refractivity contribution in [2.24, 2.45) is 0 Å². The molecule has 2 heterocycles. The molecule has 18 heavy (non-hydrogen) atoms. The number of ether oxygens (including phenoxy) is 1. The molecule has 6 heteroatoms. The monoisotopic (exact) mass is 254 g/mol. The maximum Gasteiger partial charge on any atom is 0.315 e. The summed E-state index contributed by atoms with van der Waals surface area (Å²) >= 11 is 0. The molecule has 1 aliphatic heterocycles. The molecule has 0 bridgehead atoms. The molecular formula is C12H22N4O2. The molecule has 2 N–H and O–H groups in total. The van der Waals surface area contributed by atoms with Gasteiger partial charge in [-0.15, -0.1) is 5.10 Å². The van der Waals surface area contributed by atoms with Crippen molar-refractivity contribution in [3.8, 4) is 0 Å². The highest BCUT2D eigenvalue weighted by atomic mass is 16.5. The Bertz CT molecular complexity index is 361. The molecule has 1 aromatic heterocycles. The van der Waals surface area contributed by atoms with Gasteiger partial charge in [-0.05, 0) is 32.7 Å². The van der Waals surface area contributed by atoms with Gasteiger partial charge >= 0.3 is 6.01 Å². The van der Waals surface area contributed by atoms with Crippen LogP contribution in [-0.2, 0) is 11.3 Å². The zero-order chi connectivity index (χ0) is 12.8. The summed E-state index contributed by atoms with van der Waals surface area (Å²) in [4.78, 5) is 0. The second-order valence-electron chi connectivity index (χ2n) is 4.93. The Balaban J connectivity index is 1.76. The van der Waals surface area contributed by atoms with E-state index in [0.29, 0.717) is 25.0 Å². The Morgan fingerprint density at radius 3 is 3.00 bits per heavy atom. The lowest BCUT2D eigenvalue weighted by Crippen LogP contribution is -2.32. The Hall–Kier alpha value is -1.14. The summed E-state index contributed by atoms with van der Waals surface area (Å²) in [7, 11) is 0. The average molecular weight is 254 g/mol. The second kappa shape index (κ2) is 6.15. The van der Waals surface area contributed by atoms with Gasteiger partial charge in [0, 0.05) is 13.2 Å². The Labute approximate surface area is 107 Å². The quantitative estimate of drug-likeness (QED) is 0.719. The molecule has 2 rings (SSSR count). The molecule has 0 amide bonds. The summed E-state index contributed by atoms with van der Waals surface area (Å²) < 4.78 is 11.2. The van der Waals surface area contributed by atoms with Crippen molar-refractivity contribution in [1.29, 1.82) is 0 Å². The van der Waals surface area contributed by atoms with E-state index in [1.807, 2.05) is 0 Å². The minimum Gasteiger partial charge on any atom is -0.407 e. The second-order valence-corrected chi connectivity index (χ2v) is 4.93. The van der Waals surface area contributed by atoms with Crippen LogP contribution in [0, 0.1) is 0 Å². The number of hydrogen-bond donors (Lipinski definition) is 2. The number of hydrogen-bond acceptors (Lipinski definition) is 6. The topological polar surface area (TPSA) is 72.2 Å². The van der Waals surface area contributed by atoms with Crippen LogP contribution in [0.25, 0.3) is 0 Å². The van der Waals surface area contributed by atoms with Crippen molar-refractivity contribution >= 4 is 6.01 Å². The molecule has 0 spiro atoms.